The summed E-state index contributed by atoms with van der Waals surface area (Å²) in [6.07, 6.45) is 7.85. The van der Waals surface area contributed by atoms with E-state index < -0.39 is 0 Å². The van der Waals surface area contributed by atoms with E-state index in [1.54, 1.807) is 0 Å². The minimum atomic E-state index is -0.188. The van der Waals surface area contributed by atoms with E-state index in [2.05, 4.69) is 43.3 Å². The first-order valence-electron chi connectivity index (χ1n) is 10.4. The molecule has 3 rings (SSSR count). The predicted octanol–water partition coefficient (Wildman–Crippen LogP) is 6.13. The summed E-state index contributed by atoms with van der Waals surface area (Å²) < 4.78 is 5.64. The van der Waals surface area contributed by atoms with Crippen LogP contribution in [0.5, 0.6) is 0 Å². The average Bonchev–Trinajstić information content (AvgIpc) is 2.72. The molecule has 1 unspecified atom stereocenters. The van der Waals surface area contributed by atoms with E-state index in [1.165, 1.54) is 36.8 Å². The molecule has 0 spiro atoms. The van der Waals surface area contributed by atoms with Crippen LogP contribution in [-0.2, 0) is 11.2 Å². The van der Waals surface area contributed by atoms with Gasteiger partial charge < -0.3 is 4.74 Å². The second-order valence-electron chi connectivity index (χ2n) is 7.34. The molecule has 3 heteroatoms. The third-order valence-electron chi connectivity index (χ3n) is 5.36. The molecule has 1 aliphatic rings. The van der Waals surface area contributed by atoms with E-state index in [1.807, 2.05) is 23.1 Å². The molecule has 0 aromatic heterocycles. The van der Waals surface area contributed by atoms with E-state index in [0.717, 1.165) is 24.8 Å². The fourth-order valence-electron chi connectivity index (χ4n) is 3.88. The first kappa shape index (κ1) is 19.5. The first-order chi connectivity index (χ1) is 13.3. The van der Waals surface area contributed by atoms with Gasteiger partial charge in [-0.1, -0.05) is 93.6 Å². The number of nitrogens with zero attached hydrogens (tertiary/aromatic N) is 1. The number of unbranched alkanes of at least 4 members (excludes halogenated alkanes) is 5. The summed E-state index contributed by atoms with van der Waals surface area (Å²) in [5.41, 5.74) is 3.68. The Kier molecular flexibility index (Phi) is 7.32. The lowest BCUT2D eigenvalue weighted by Crippen LogP contribution is -2.41. The zero-order valence-electron chi connectivity index (χ0n) is 16.4. The number of carbonyl (C=O) groups excluding carboxylic acids is 1. The highest BCUT2D eigenvalue weighted by Gasteiger charge is 2.32. The fraction of sp³-hybridized carbons (Fsp3) is 0.458. The molecule has 2 aromatic rings. The van der Waals surface area contributed by atoms with E-state index in [0.29, 0.717) is 13.2 Å². The highest BCUT2D eigenvalue weighted by Crippen LogP contribution is 2.35. The molecule has 0 aliphatic carbocycles. The molecular formula is C24H31NO2. The van der Waals surface area contributed by atoms with Crippen molar-refractivity contribution >= 4 is 6.09 Å². The molecule has 0 saturated carbocycles. The van der Waals surface area contributed by atoms with Gasteiger partial charge in [-0.15, -0.1) is 0 Å². The average molecular weight is 366 g/mol. The van der Waals surface area contributed by atoms with Gasteiger partial charge in [-0.25, -0.2) is 4.79 Å². The molecule has 1 amide bonds. The molecule has 2 aromatic carbocycles. The molecule has 27 heavy (non-hydrogen) atoms. The van der Waals surface area contributed by atoms with Gasteiger partial charge in [0.1, 0.15) is 0 Å². The molecule has 0 radical (unpaired) electrons. The van der Waals surface area contributed by atoms with Gasteiger partial charge in [0, 0.05) is 6.54 Å². The van der Waals surface area contributed by atoms with Crippen LogP contribution in [0.2, 0.25) is 0 Å². The molecule has 0 N–H and O–H groups in total. The van der Waals surface area contributed by atoms with Crippen molar-refractivity contribution in [1.29, 1.82) is 0 Å². The van der Waals surface area contributed by atoms with Crippen molar-refractivity contribution in [2.45, 2.75) is 57.9 Å². The molecular weight excluding hydrogens is 334 g/mol. The summed E-state index contributed by atoms with van der Waals surface area (Å²) in [5, 5.41) is 0. The largest absolute Gasteiger partial charge is 0.449 e. The standard InChI is InChI=1S/C24H31NO2/c1-2-3-4-5-6-12-19-27-24(26)25-18-17-20-13-10-11-16-22(20)23(25)21-14-8-7-9-15-21/h7-11,13-16,23H,2-6,12,17-19H2,1H3. The lowest BCUT2D eigenvalue weighted by molar-refractivity contribution is 0.0878. The SMILES string of the molecule is CCCCCCCCOC(=O)N1CCc2ccccc2C1c1ccccc1. The second-order valence-corrected chi connectivity index (χ2v) is 7.34. The molecule has 1 heterocycles. The number of carbonyl (C=O) groups is 1. The maximum absolute atomic E-state index is 12.8. The Bertz CT molecular complexity index is 713. The van der Waals surface area contributed by atoms with Crippen LogP contribution in [0, 0.1) is 0 Å². The smallest absolute Gasteiger partial charge is 0.410 e. The van der Waals surface area contributed by atoms with Crippen molar-refractivity contribution in [2.75, 3.05) is 13.2 Å². The van der Waals surface area contributed by atoms with Gasteiger partial charge in [-0.3, -0.25) is 4.90 Å². The summed E-state index contributed by atoms with van der Waals surface area (Å²) in [4.78, 5) is 14.7. The van der Waals surface area contributed by atoms with Gasteiger partial charge in [0.15, 0.2) is 0 Å². The van der Waals surface area contributed by atoms with Gasteiger partial charge in [-0.2, -0.15) is 0 Å². The lowest BCUT2D eigenvalue weighted by atomic mass is 9.88. The van der Waals surface area contributed by atoms with Crippen molar-refractivity contribution in [1.82, 2.24) is 4.90 Å². The Balaban J connectivity index is 1.64. The Hall–Kier alpha value is -2.29. The van der Waals surface area contributed by atoms with Gasteiger partial charge in [0.05, 0.1) is 12.6 Å². The van der Waals surface area contributed by atoms with Crippen LogP contribution >= 0.6 is 0 Å². The highest BCUT2D eigenvalue weighted by atomic mass is 16.6. The maximum atomic E-state index is 12.8. The van der Waals surface area contributed by atoms with Crippen LogP contribution in [0.25, 0.3) is 0 Å². The monoisotopic (exact) mass is 365 g/mol. The van der Waals surface area contributed by atoms with Crippen LogP contribution < -0.4 is 0 Å². The van der Waals surface area contributed by atoms with Crippen molar-refractivity contribution in [3.8, 4) is 0 Å². The van der Waals surface area contributed by atoms with Crippen LogP contribution in [0.15, 0.2) is 54.6 Å². The van der Waals surface area contributed by atoms with Gasteiger partial charge >= 0.3 is 6.09 Å². The Morgan fingerprint density at radius 2 is 1.67 bits per heavy atom. The third-order valence-corrected chi connectivity index (χ3v) is 5.36. The topological polar surface area (TPSA) is 29.5 Å². The summed E-state index contributed by atoms with van der Waals surface area (Å²) in [5.74, 6) is 0. The van der Waals surface area contributed by atoms with Gasteiger partial charge in [0.2, 0.25) is 0 Å². The minimum Gasteiger partial charge on any atom is -0.449 e. The Morgan fingerprint density at radius 1 is 0.963 bits per heavy atom. The van der Waals surface area contributed by atoms with Crippen molar-refractivity contribution in [3.63, 3.8) is 0 Å². The zero-order chi connectivity index (χ0) is 18.9. The summed E-state index contributed by atoms with van der Waals surface area (Å²) in [6, 6.07) is 18.7. The van der Waals surface area contributed by atoms with E-state index >= 15 is 0 Å². The molecule has 1 aliphatic heterocycles. The van der Waals surface area contributed by atoms with E-state index in [9.17, 15) is 4.79 Å². The molecule has 144 valence electrons. The van der Waals surface area contributed by atoms with Crippen LogP contribution in [-0.4, -0.2) is 24.1 Å². The summed E-state index contributed by atoms with van der Waals surface area (Å²) >= 11 is 0. The molecule has 1 atom stereocenters. The van der Waals surface area contributed by atoms with Crippen LogP contribution in [0.3, 0.4) is 0 Å². The number of hydrogen-bond acceptors (Lipinski definition) is 2. The van der Waals surface area contributed by atoms with Crippen molar-refractivity contribution < 1.29 is 9.53 Å². The Labute approximate surface area is 163 Å². The fourth-order valence-corrected chi connectivity index (χ4v) is 3.88. The number of hydrogen-bond donors (Lipinski definition) is 0. The maximum Gasteiger partial charge on any atom is 0.410 e. The molecule has 0 bridgehead atoms. The minimum absolute atomic E-state index is 0.0618. The van der Waals surface area contributed by atoms with Crippen molar-refractivity contribution in [2.24, 2.45) is 0 Å². The van der Waals surface area contributed by atoms with Crippen molar-refractivity contribution in [3.05, 3.63) is 71.3 Å². The molecule has 3 nitrogen and oxygen atoms in total. The first-order valence-corrected chi connectivity index (χ1v) is 10.4. The number of benzene rings is 2. The summed E-state index contributed by atoms with van der Waals surface area (Å²) in [6.45, 7) is 3.44. The number of ether oxygens (including phenoxy) is 1. The second kappa shape index (κ2) is 10.1. The lowest BCUT2D eigenvalue weighted by Gasteiger charge is -2.37. The number of amides is 1. The number of rotatable bonds is 8. The number of fused-ring (bicyclic) bond motifs is 1. The van der Waals surface area contributed by atoms with Gasteiger partial charge in [-0.05, 0) is 29.5 Å². The Morgan fingerprint density at radius 3 is 2.48 bits per heavy atom. The van der Waals surface area contributed by atoms with E-state index in [4.69, 9.17) is 4.74 Å². The molecule has 0 saturated heterocycles. The quantitative estimate of drug-likeness (QED) is 0.527. The van der Waals surface area contributed by atoms with E-state index in [-0.39, 0.29) is 12.1 Å². The van der Waals surface area contributed by atoms with Crippen LogP contribution in [0.1, 0.15) is 68.2 Å². The third kappa shape index (κ3) is 5.12. The summed E-state index contributed by atoms with van der Waals surface area (Å²) in [7, 11) is 0. The van der Waals surface area contributed by atoms with Crippen LogP contribution in [0.4, 0.5) is 4.79 Å². The zero-order valence-corrected chi connectivity index (χ0v) is 16.4. The predicted molar refractivity (Wildman–Crippen MR) is 110 cm³/mol. The van der Waals surface area contributed by atoms with Gasteiger partial charge in [0.25, 0.3) is 0 Å². The normalized spacial score (nSPS) is 16.0. The highest BCUT2D eigenvalue weighted by molar-refractivity contribution is 5.70. The molecule has 0 fully saturated rings.